The first-order chi connectivity index (χ1) is 10.2. The maximum atomic E-state index is 12.8. The summed E-state index contributed by atoms with van der Waals surface area (Å²) in [5.74, 6) is 0.124. The second-order valence-electron chi connectivity index (χ2n) is 5.48. The summed E-state index contributed by atoms with van der Waals surface area (Å²) in [5.41, 5.74) is 3.04. The van der Waals surface area contributed by atoms with E-state index >= 15 is 0 Å². The van der Waals surface area contributed by atoms with Crippen molar-refractivity contribution < 1.29 is 4.39 Å². The first kappa shape index (κ1) is 13.7. The van der Waals surface area contributed by atoms with Crippen LogP contribution in [0.5, 0.6) is 0 Å². The highest BCUT2D eigenvalue weighted by molar-refractivity contribution is 5.78. The van der Waals surface area contributed by atoms with Crippen molar-refractivity contribution in [3.8, 4) is 0 Å². The molecule has 2 aromatic heterocycles. The van der Waals surface area contributed by atoms with Crippen LogP contribution in [0.15, 0.2) is 54.7 Å². The fraction of sp³-hybridized carbons (Fsp3) is 0.222. The smallest absolute Gasteiger partial charge is 0.141 e. The molecule has 0 amide bonds. The van der Waals surface area contributed by atoms with Crippen LogP contribution < -0.4 is 0 Å². The summed E-state index contributed by atoms with van der Waals surface area (Å²) in [6.45, 7) is 2.17. The number of hydrogen-bond donors (Lipinski definition) is 0. The van der Waals surface area contributed by atoms with Gasteiger partial charge in [-0.15, -0.1) is 0 Å². The zero-order chi connectivity index (χ0) is 14.7. The quantitative estimate of drug-likeness (QED) is 0.716. The zero-order valence-electron chi connectivity index (χ0n) is 12.0. The Labute approximate surface area is 123 Å². The second kappa shape index (κ2) is 6.00. The van der Waals surface area contributed by atoms with Crippen LogP contribution in [0.2, 0.25) is 0 Å². The molecule has 0 bridgehead atoms. The first-order valence-corrected chi connectivity index (χ1v) is 7.16. The van der Waals surface area contributed by atoms with Gasteiger partial charge < -0.3 is 0 Å². The summed E-state index contributed by atoms with van der Waals surface area (Å²) in [7, 11) is 0. The van der Waals surface area contributed by atoms with Gasteiger partial charge in [0, 0.05) is 16.8 Å². The maximum absolute atomic E-state index is 12.8. The molecule has 3 heteroatoms. The van der Waals surface area contributed by atoms with Gasteiger partial charge in [0.15, 0.2) is 0 Å². The summed E-state index contributed by atoms with van der Waals surface area (Å²) >= 11 is 0. The average Bonchev–Trinajstić information content (AvgIpc) is 2.49. The Morgan fingerprint density at radius 2 is 1.71 bits per heavy atom. The van der Waals surface area contributed by atoms with Gasteiger partial charge in [-0.1, -0.05) is 31.2 Å². The van der Waals surface area contributed by atoms with Crippen molar-refractivity contribution >= 4 is 10.9 Å². The second-order valence-corrected chi connectivity index (χ2v) is 5.48. The van der Waals surface area contributed by atoms with Crippen molar-refractivity contribution in [2.45, 2.75) is 19.8 Å². The number of pyridine rings is 2. The van der Waals surface area contributed by atoms with Crippen molar-refractivity contribution in [1.29, 1.82) is 0 Å². The monoisotopic (exact) mass is 280 g/mol. The zero-order valence-corrected chi connectivity index (χ0v) is 12.0. The Kier molecular flexibility index (Phi) is 3.91. The maximum Gasteiger partial charge on any atom is 0.141 e. The van der Waals surface area contributed by atoms with E-state index in [2.05, 4.69) is 30.1 Å². The first-order valence-electron chi connectivity index (χ1n) is 7.16. The molecule has 0 N–H and O–H groups in total. The Bertz CT molecular complexity index is 738. The van der Waals surface area contributed by atoms with Crippen molar-refractivity contribution in [3.63, 3.8) is 0 Å². The molecule has 0 saturated heterocycles. The van der Waals surface area contributed by atoms with E-state index in [0.717, 1.165) is 35.1 Å². The third kappa shape index (κ3) is 3.43. The molecule has 106 valence electrons. The number of para-hydroxylation sites is 1. The minimum absolute atomic E-state index is 0.289. The predicted octanol–water partition coefficient (Wildman–Crippen LogP) is 4.19. The number of halogens is 1. The van der Waals surface area contributed by atoms with Crippen LogP contribution in [0, 0.1) is 11.7 Å². The Morgan fingerprint density at radius 3 is 2.52 bits per heavy atom. The van der Waals surface area contributed by atoms with Crippen molar-refractivity contribution in [1.82, 2.24) is 9.97 Å². The van der Waals surface area contributed by atoms with E-state index in [0.29, 0.717) is 5.92 Å². The van der Waals surface area contributed by atoms with E-state index in [-0.39, 0.29) is 5.82 Å². The van der Waals surface area contributed by atoms with Gasteiger partial charge in [0.1, 0.15) is 5.82 Å². The number of fused-ring (bicyclic) bond motifs is 1. The third-order valence-electron chi connectivity index (χ3n) is 3.56. The molecule has 0 aliphatic carbocycles. The van der Waals surface area contributed by atoms with E-state index < -0.39 is 0 Å². The largest absolute Gasteiger partial charge is 0.258 e. The van der Waals surface area contributed by atoms with E-state index in [9.17, 15) is 4.39 Å². The molecular weight excluding hydrogens is 263 g/mol. The Balaban J connectivity index is 1.70. The van der Waals surface area contributed by atoms with Crippen LogP contribution in [-0.4, -0.2) is 9.97 Å². The minimum atomic E-state index is -0.289. The lowest BCUT2D eigenvalue weighted by Gasteiger charge is -2.11. The highest BCUT2D eigenvalue weighted by Gasteiger charge is 2.08. The molecule has 2 nitrogen and oxygen atoms in total. The molecule has 1 atom stereocenters. The molecule has 0 aliphatic rings. The molecule has 2 heterocycles. The van der Waals surface area contributed by atoms with Crippen LogP contribution in [0.25, 0.3) is 10.9 Å². The highest BCUT2D eigenvalue weighted by atomic mass is 19.1. The lowest BCUT2D eigenvalue weighted by Crippen LogP contribution is -2.06. The van der Waals surface area contributed by atoms with E-state index in [4.69, 9.17) is 4.98 Å². The third-order valence-corrected chi connectivity index (χ3v) is 3.56. The van der Waals surface area contributed by atoms with E-state index in [1.54, 1.807) is 6.07 Å². The fourth-order valence-electron chi connectivity index (χ4n) is 2.54. The highest BCUT2D eigenvalue weighted by Crippen LogP contribution is 2.16. The number of nitrogens with zero attached hydrogens (tertiary/aromatic N) is 2. The van der Waals surface area contributed by atoms with E-state index in [1.165, 1.54) is 12.3 Å². The van der Waals surface area contributed by atoms with Gasteiger partial charge in [-0.05, 0) is 43.0 Å². The summed E-state index contributed by atoms with van der Waals surface area (Å²) in [5, 5.41) is 1.16. The number of benzene rings is 1. The SMILES string of the molecule is CC(Cc1ccc(F)cn1)Cc1ccc2ccccc2n1. The van der Waals surface area contributed by atoms with Crippen LogP contribution >= 0.6 is 0 Å². The molecule has 1 aromatic carbocycles. The fourth-order valence-corrected chi connectivity index (χ4v) is 2.54. The summed E-state index contributed by atoms with van der Waals surface area (Å²) in [6, 6.07) is 15.5. The van der Waals surface area contributed by atoms with Gasteiger partial charge in [0.2, 0.25) is 0 Å². The van der Waals surface area contributed by atoms with Crippen molar-refractivity contribution in [3.05, 3.63) is 71.9 Å². The molecule has 0 fully saturated rings. The van der Waals surface area contributed by atoms with Gasteiger partial charge in [0.05, 0.1) is 11.7 Å². The number of rotatable bonds is 4. The normalized spacial score (nSPS) is 12.5. The summed E-state index contributed by atoms with van der Waals surface area (Å²) < 4.78 is 12.8. The van der Waals surface area contributed by atoms with Crippen LogP contribution in [0.1, 0.15) is 18.3 Å². The standard InChI is InChI=1S/C18H17FN2/c1-13(10-16-9-7-15(19)12-20-16)11-17-8-6-14-4-2-3-5-18(14)21-17/h2-9,12-13H,10-11H2,1H3. The molecule has 0 spiro atoms. The number of hydrogen-bond acceptors (Lipinski definition) is 2. The Morgan fingerprint density at radius 1 is 0.952 bits per heavy atom. The average molecular weight is 280 g/mol. The number of aromatic nitrogens is 2. The molecule has 0 radical (unpaired) electrons. The minimum Gasteiger partial charge on any atom is -0.258 e. The molecule has 3 aromatic rings. The van der Waals surface area contributed by atoms with Crippen LogP contribution in [0.3, 0.4) is 0 Å². The van der Waals surface area contributed by atoms with Gasteiger partial charge in [-0.25, -0.2) is 4.39 Å². The molecule has 3 rings (SSSR count). The van der Waals surface area contributed by atoms with Crippen molar-refractivity contribution in [2.75, 3.05) is 0 Å². The lowest BCUT2D eigenvalue weighted by molar-refractivity contribution is 0.557. The predicted molar refractivity (Wildman–Crippen MR) is 82.5 cm³/mol. The van der Waals surface area contributed by atoms with Crippen LogP contribution in [-0.2, 0) is 12.8 Å². The van der Waals surface area contributed by atoms with E-state index in [1.807, 2.05) is 18.2 Å². The molecular formula is C18H17FN2. The lowest BCUT2D eigenvalue weighted by atomic mass is 9.99. The summed E-state index contributed by atoms with van der Waals surface area (Å²) in [6.07, 6.45) is 3.00. The summed E-state index contributed by atoms with van der Waals surface area (Å²) in [4.78, 5) is 8.80. The molecule has 1 unspecified atom stereocenters. The van der Waals surface area contributed by atoms with Crippen molar-refractivity contribution in [2.24, 2.45) is 5.92 Å². The van der Waals surface area contributed by atoms with Gasteiger partial charge in [0.25, 0.3) is 0 Å². The molecule has 0 saturated carbocycles. The van der Waals surface area contributed by atoms with Gasteiger partial charge in [-0.2, -0.15) is 0 Å². The van der Waals surface area contributed by atoms with Crippen LogP contribution in [0.4, 0.5) is 4.39 Å². The molecule has 0 aliphatic heterocycles. The van der Waals surface area contributed by atoms with Gasteiger partial charge in [-0.3, -0.25) is 9.97 Å². The molecule has 21 heavy (non-hydrogen) atoms. The van der Waals surface area contributed by atoms with Gasteiger partial charge >= 0.3 is 0 Å². The topological polar surface area (TPSA) is 25.8 Å². The Hall–Kier alpha value is -2.29.